The summed E-state index contributed by atoms with van der Waals surface area (Å²) in [5.74, 6) is -0.242. The fourth-order valence-electron chi connectivity index (χ4n) is 1.12. The maximum absolute atomic E-state index is 11.2. The summed E-state index contributed by atoms with van der Waals surface area (Å²) in [7, 11) is 0. The molecule has 0 aliphatic carbocycles. The molecule has 0 aliphatic heterocycles. The molecule has 78 valence electrons. The van der Waals surface area contributed by atoms with Gasteiger partial charge < -0.3 is 4.74 Å². The van der Waals surface area contributed by atoms with E-state index in [1.165, 1.54) is 0 Å². The number of rotatable bonds is 5. The average Bonchev–Trinajstić information content (AvgIpc) is 2.28. The Morgan fingerprint density at radius 3 is 2.73 bits per heavy atom. The van der Waals surface area contributed by atoms with Gasteiger partial charge in [0.2, 0.25) is 0 Å². The number of carbonyl (C=O) groups excluding carboxylic acids is 1. The second kappa shape index (κ2) is 6.61. The molecule has 0 radical (unpaired) electrons. The Bertz CT molecular complexity index is 340. The number of hydrogen-bond donors (Lipinski definition) is 0. The smallest absolute Gasteiger partial charge is 0.306 e. The third-order valence-corrected chi connectivity index (χ3v) is 1.91. The molecular weight excluding hydrogens is 190 g/mol. The molecule has 0 atom stereocenters. The lowest BCUT2D eigenvalue weighted by Crippen LogP contribution is -2.03. The molecule has 3 nitrogen and oxygen atoms in total. The van der Waals surface area contributed by atoms with Gasteiger partial charge in [0, 0.05) is 12.8 Å². The molecule has 0 aliphatic rings. The van der Waals surface area contributed by atoms with Gasteiger partial charge in [-0.3, -0.25) is 4.79 Å². The van der Waals surface area contributed by atoms with Crippen LogP contribution in [0.25, 0.3) is 0 Å². The Morgan fingerprint density at radius 2 is 2.07 bits per heavy atom. The highest BCUT2D eigenvalue weighted by Gasteiger charge is 2.02. The molecular formula is C12H13NO2. The van der Waals surface area contributed by atoms with E-state index in [2.05, 4.69) is 0 Å². The van der Waals surface area contributed by atoms with E-state index in [1.54, 1.807) is 0 Å². The van der Waals surface area contributed by atoms with E-state index in [0.717, 1.165) is 5.56 Å². The largest absolute Gasteiger partial charge is 0.461 e. The Labute approximate surface area is 89.3 Å². The van der Waals surface area contributed by atoms with Crippen molar-refractivity contribution in [1.82, 2.24) is 0 Å². The number of unbranched alkanes of at least 4 members (excludes halogenated alkanes) is 1. The quantitative estimate of drug-likeness (QED) is 0.545. The number of benzene rings is 1. The van der Waals surface area contributed by atoms with Crippen molar-refractivity contribution in [2.45, 2.75) is 25.9 Å². The van der Waals surface area contributed by atoms with Crippen molar-refractivity contribution in [3.63, 3.8) is 0 Å². The highest BCUT2D eigenvalue weighted by atomic mass is 16.5. The standard InChI is InChI=1S/C12H13NO2/c13-9-5-4-8-12(14)15-10-11-6-2-1-3-7-11/h1-3,6-7H,4-5,8,10H2. The van der Waals surface area contributed by atoms with E-state index >= 15 is 0 Å². The van der Waals surface area contributed by atoms with Crippen LogP contribution in [-0.2, 0) is 16.1 Å². The van der Waals surface area contributed by atoms with Crippen LogP contribution in [0, 0.1) is 11.3 Å². The first kappa shape index (κ1) is 11.3. The lowest BCUT2D eigenvalue weighted by atomic mass is 10.2. The minimum Gasteiger partial charge on any atom is -0.461 e. The van der Waals surface area contributed by atoms with Crippen molar-refractivity contribution >= 4 is 5.97 Å². The minimum absolute atomic E-state index is 0.242. The predicted octanol–water partition coefficient (Wildman–Crippen LogP) is 2.42. The fourth-order valence-corrected chi connectivity index (χ4v) is 1.12. The summed E-state index contributed by atoms with van der Waals surface area (Å²) >= 11 is 0. The van der Waals surface area contributed by atoms with Crippen LogP contribution < -0.4 is 0 Å². The van der Waals surface area contributed by atoms with Gasteiger partial charge >= 0.3 is 5.97 Å². The molecule has 1 rings (SSSR count). The van der Waals surface area contributed by atoms with Crippen molar-refractivity contribution < 1.29 is 9.53 Å². The monoisotopic (exact) mass is 203 g/mol. The summed E-state index contributed by atoms with van der Waals surface area (Å²) in [6.45, 7) is 0.312. The summed E-state index contributed by atoms with van der Waals surface area (Å²) < 4.78 is 5.03. The zero-order valence-electron chi connectivity index (χ0n) is 8.48. The molecule has 15 heavy (non-hydrogen) atoms. The summed E-state index contributed by atoms with van der Waals surface area (Å²) in [5, 5.41) is 8.28. The van der Waals surface area contributed by atoms with Gasteiger partial charge in [-0.25, -0.2) is 0 Å². The molecule has 0 amide bonds. The number of carbonyl (C=O) groups is 1. The first-order valence-electron chi connectivity index (χ1n) is 4.89. The lowest BCUT2D eigenvalue weighted by molar-refractivity contribution is -0.145. The number of nitriles is 1. The zero-order valence-corrected chi connectivity index (χ0v) is 8.48. The fraction of sp³-hybridized carbons (Fsp3) is 0.333. The van der Waals surface area contributed by atoms with Gasteiger partial charge in [-0.1, -0.05) is 30.3 Å². The van der Waals surface area contributed by atoms with Crippen LogP contribution in [0.15, 0.2) is 30.3 Å². The summed E-state index contributed by atoms with van der Waals surface area (Å²) in [5.41, 5.74) is 0.978. The van der Waals surface area contributed by atoms with E-state index in [4.69, 9.17) is 10.00 Å². The molecule has 0 unspecified atom stereocenters. The Balaban J connectivity index is 2.20. The Kier molecular flexibility index (Phi) is 4.96. The Morgan fingerprint density at radius 1 is 1.33 bits per heavy atom. The van der Waals surface area contributed by atoms with Crippen molar-refractivity contribution in [1.29, 1.82) is 5.26 Å². The zero-order chi connectivity index (χ0) is 10.9. The molecule has 0 saturated heterocycles. The molecule has 0 saturated carbocycles. The van der Waals surface area contributed by atoms with Gasteiger partial charge in [-0.15, -0.1) is 0 Å². The third kappa shape index (κ3) is 4.82. The first-order valence-corrected chi connectivity index (χ1v) is 4.89. The highest BCUT2D eigenvalue weighted by molar-refractivity contribution is 5.69. The van der Waals surface area contributed by atoms with Gasteiger partial charge in [0.15, 0.2) is 0 Å². The topological polar surface area (TPSA) is 50.1 Å². The van der Waals surface area contributed by atoms with Crippen LogP contribution in [-0.4, -0.2) is 5.97 Å². The number of hydrogen-bond acceptors (Lipinski definition) is 3. The highest BCUT2D eigenvalue weighted by Crippen LogP contribution is 2.03. The van der Waals surface area contributed by atoms with Crippen LogP contribution in [0.1, 0.15) is 24.8 Å². The molecule has 0 fully saturated rings. The van der Waals surface area contributed by atoms with Gasteiger partial charge in [-0.05, 0) is 12.0 Å². The normalized spacial score (nSPS) is 9.27. The average molecular weight is 203 g/mol. The van der Waals surface area contributed by atoms with Gasteiger partial charge in [-0.2, -0.15) is 5.26 Å². The van der Waals surface area contributed by atoms with Crippen molar-refractivity contribution in [2.24, 2.45) is 0 Å². The van der Waals surface area contributed by atoms with Crippen LogP contribution >= 0.6 is 0 Å². The molecule has 3 heteroatoms. The summed E-state index contributed by atoms with van der Waals surface area (Å²) in [4.78, 5) is 11.2. The van der Waals surface area contributed by atoms with Crippen molar-refractivity contribution in [3.05, 3.63) is 35.9 Å². The third-order valence-electron chi connectivity index (χ3n) is 1.91. The van der Waals surface area contributed by atoms with Crippen LogP contribution in [0.3, 0.4) is 0 Å². The maximum Gasteiger partial charge on any atom is 0.306 e. The number of esters is 1. The molecule has 0 aromatic heterocycles. The van der Waals surface area contributed by atoms with Gasteiger partial charge in [0.1, 0.15) is 6.61 Å². The molecule has 1 aromatic carbocycles. The van der Waals surface area contributed by atoms with Crippen LogP contribution in [0.5, 0.6) is 0 Å². The number of ether oxygens (including phenoxy) is 1. The molecule has 0 bridgehead atoms. The molecule has 0 spiro atoms. The first-order chi connectivity index (χ1) is 7.33. The van der Waals surface area contributed by atoms with Gasteiger partial charge in [0.25, 0.3) is 0 Å². The summed E-state index contributed by atoms with van der Waals surface area (Å²) in [6.07, 6.45) is 1.30. The van der Waals surface area contributed by atoms with E-state index in [9.17, 15) is 4.79 Å². The molecule has 1 aromatic rings. The Hall–Kier alpha value is -1.82. The van der Waals surface area contributed by atoms with Crippen LogP contribution in [0.4, 0.5) is 0 Å². The van der Waals surface area contributed by atoms with Gasteiger partial charge in [0.05, 0.1) is 6.07 Å². The SMILES string of the molecule is N#CCCCC(=O)OCc1ccccc1. The van der Waals surface area contributed by atoms with Crippen LogP contribution in [0.2, 0.25) is 0 Å². The number of nitrogens with zero attached hydrogens (tertiary/aromatic N) is 1. The van der Waals surface area contributed by atoms with E-state index in [0.29, 0.717) is 25.9 Å². The lowest BCUT2D eigenvalue weighted by Gasteiger charge is -2.03. The van der Waals surface area contributed by atoms with E-state index < -0.39 is 0 Å². The van der Waals surface area contributed by atoms with E-state index in [-0.39, 0.29) is 5.97 Å². The van der Waals surface area contributed by atoms with E-state index in [1.807, 2.05) is 36.4 Å². The second-order valence-corrected chi connectivity index (χ2v) is 3.16. The van der Waals surface area contributed by atoms with Crippen molar-refractivity contribution in [3.8, 4) is 6.07 Å². The summed E-state index contributed by atoms with van der Waals surface area (Å²) in [6, 6.07) is 11.5. The second-order valence-electron chi connectivity index (χ2n) is 3.16. The molecule has 0 N–H and O–H groups in total. The predicted molar refractivity (Wildman–Crippen MR) is 55.7 cm³/mol. The minimum atomic E-state index is -0.242. The molecule has 0 heterocycles. The van der Waals surface area contributed by atoms with Crippen molar-refractivity contribution in [2.75, 3.05) is 0 Å². The maximum atomic E-state index is 11.2.